The minimum atomic E-state index is -1.06. The van der Waals surface area contributed by atoms with Crippen LogP contribution >= 0.6 is 12.4 Å². The van der Waals surface area contributed by atoms with Gasteiger partial charge in [-0.25, -0.2) is 0 Å². The number of fused-ring (bicyclic) bond motifs is 1. The molecule has 2 aliphatic rings. The summed E-state index contributed by atoms with van der Waals surface area (Å²) in [6, 6.07) is 6.07. The van der Waals surface area contributed by atoms with Crippen molar-refractivity contribution in [3.63, 3.8) is 0 Å². The molecule has 1 aromatic rings. The predicted molar refractivity (Wildman–Crippen MR) is 99.1 cm³/mol. The summed E-state index contributed by atoms with van der Waals surface area (Å²) in [5.41, 5.74) is 0.759. The zero-order valence-corrected chi connectivity index (χ0v) is 15.9. The number of likely N-dealkylation sites (tertiary alicyclic amines) is 1. The van der Waals surface area contributed by atoms with Crippen LogP contribution in [-0.4, -0.2) is 82.4 Å². The molecule has 3 rings (SSSR count). The van der Waals surface area contributed by atoms with Gasteiger partial charge in [-0.05, 0) is 52.0 Å². The van der Waals surface area contributed by atoms with Crippen molar-refractivity contribution < 1.29 is 19.8 Å². The van der Waals surface area contributed by atoms with Crippen LogP contribution in [0.1, 0.15) is 40.0 Å². The first-order valence-corrected chi connectivity index (χ1v) is 8.65. The van der Waals surface area contributed by atoms with Gasteiger partial charge in [0.1, 0.15) is 12.5 Å². The quantitative estimate of drug-likeness (QED) is 0.730. The fourth-order valence-corrected chi connectivity index (χ4v) is 3.65. The summed E-state index contributed by atoms with van der Waals surface area (Å²) < 4.78 is 0. The molecule has 0 aromatic heterocycles. The smallest absolute Gasteiger partial charge is 0.261 e. The van der Waals surface area contributed by atoms with E-state index in [0.717, 1.165) is 13.0 Å². The Morgan fingerprint density at radius 3 is 2.19 bits per heavy atom. The number of benzene rings is 1. The molecule has 144 valence electrons. The number of aliphatic hydroxyl groups is 2. The number of halogens is 1. The van der Waals surface area contributed by atoms with Gasteiger partial charge in [0.2, 0.25) is 0 Å². The first-order chi connectivity index (χ1) is 11.9. The molecule has 3 atom stereocenters. The number of aliphatic hydroxyl groups excluding tert-OH is 2. The molecule has 8 heteroatoms. The zero-order chi connectivity index (χ0) is 18.1. The minimum Gasteiger partial charge on any atom is -0.378 e. The van der Waals surface area contributed by atoms with Crippen molar-refractivity contribution in [2.24, 2.45) is 0 Å². The lowest BCUT2D eigenvalue weighted by atomic mass is 10.00. The summed E-state index contributed by atoms with van der Waals surface area (Å²) in [4.78, 5) is 30.1. The molecule has 0 bridgehead atoms. The van der Waals surface area contributed by atoms with Crippen LogP contribution in [-0.2, 0) is 0 Å². The maximum absolute atomic E-state index is 12.6. The first kappa shape index (κ1) is 20.8. The van der Waals surface area contributed by atoms with Crippen LogP contribution in [0.5, 0.6) is 0 Å². The monoisotopic (exact) mass is 383 g/mol. The molecular weight excluding hydrogens is 358 g/mol. The molecule has 0 saturated carbocycles. The number of carbonyl (C=O) groups is 2. The molecule has 2 amide bonds. The third-order valence-electron chi connectivity index (χ3n) is 4.97. The molecule has 2 heterocycles. The maximum atomic E-state index is 12.6. The predicted octanol–water partition coefficient (Wildman–Crippen LogP) is 0.757. The molecule has 26 heavy (non-hydrogen) atoms. The van der Waals surface area contributed by atoms with E-state index in [1.807, 2.05) is 19.0 Å². The molecule has 3 unspecified atom stereocenters. The van der Waals surface area contributed by atoms with Gasteiger partial charge in [0.05, 0.1) is 17.2 Å². The largest absolute Gasteiger partial charge is 0.378 e. The molecule has 7 nitrogen and oxygen atoms in total. The number of hydrogen-bond donors (Lipinski definition) is 2. The lowest BCUT2D eigenvalue weighted by Crippen LogP contribution is -2.60. The van der Waals surface area contributed by atoms with Gasteiger partial charge in [0.25, 0.3) is 11.8 Å². The van der Waals surface area contributed by atoms with Crippen LogP contribution in [0.25, 0.3) is 0 Å². The third-order valence-corrected chi connectivity index (χ3v) is 4.97. The number of amides is 2. The van der Waals surface area contributed by atoms with Gasteiger partial charge in [-0.3, -0.25) is 19.4 Å². The minimum absolute atomic E-state index is 0. The van der Waals surface area contributed by atoms with Crippen molar-refractivity contribution >= 4 is 24.2 Å². The summed E-state index contributed by atoms with van der Waals surface area (Å²) in [5, 5.41) is 21.0. The second-order valence-corrected chi connectivity index (χ2v) is 6.96. The van der Waals surface area contributed by atoms with Gasteiger partial charge >= 0.3 is 0 Å². The fraction of sp³-hybridized carbons (Fsp3) is 0.556. The Morgan fingerprint density at radius 2 is 1.65 bits per heavy atom. The highest BCUT2D eigenvalue weighted by atomic mass is 35.5. The first-order valence-electron chi connectivity index (χ1n) is 8.65. The summed E-state index contributed by atoms with van der Waals surface area (Å²) in [7, 11) is 3.93. The normalized spacial score (nSPS) is 26.2. The fourth-order valence-electron chi connectivity index (χ4n) is 3.65. The average molecular weight is 384 g/mol. The van der Waals surface area contributed by atoms with Gasteiger partial charge in [0, 0.05) is 6.54 Å². The van der Waals surface area contributed by atoms with Crippen LogP contribution in [0.2, 0.25) is 0 Å². The zero-order valence-electron chi connectivity index (χ0n) is 15.0. The highest BCUT2D eigenvalue weighted by molar-refractivity contribution is 6.21. The molecule has 1 fully saturated rings. The van der Waals surface area contributed by atoms with Crippen molar-refractivity contribution in [1.29, 1.82) is 0 Å². The Labute approximate surface area is 159 Å². The highest BCUT2D eigenvalue weighted by Gasteiger charge is 2.46. The van der Waals surface area contributed by atoms with Crippen molar-refractivity contribution in [3.8, 4) is 0 Å². The molecule has 1 aromatic carbocycles. The molecule has 2 aliphatic heterocycles. The number of hydrogen-bond acceptors (Lipinski definition) is 6. The summed E-state index contributed by atoms with van der Waals surface area (Å²) in [6.07, 6.45) is -0.248. The second-order valence-electron chi connectivity index (χ2n) is 6.96. The van der Waals surface area contributed by atoms with Crippen LogP contribution in [0.4, 0.5) is 0 Å². The van der Waals surface area contributed by atoms with E-state index >= 15 is 0 Å². The Bertz CT molecular complexity index is 635. The highest BCUT2D eigenvalue weighted by Crippen LogP contribution is 2.31. The van der Waals surface area contributed by atoms with Gasteiger partial charge in [0.15, 0.2) is 0 Å². The molecule has 0 aliphatic carbocycles. The lowest BCUT2D eigenvalue weighted by Gasteiger charge is -2.44. The number of nitrogens with zero attached hydrogens (tertiary/aromatic N) is 3. The molecule has 1 saturated heterocycles. The van der Waals surface area contributed by atoms with E-state index in [1.165, 1.54) is 4.90 Å². The van der Waals surface area contributed by atoms with Gasteiger partial charge in [-0.1, -0.05) is 12.1 Å². The van der Waals surface area contributed by atoms with Crippen molar-refractivity contribution in [2.75, 3.05) is 27.2 Å². The lowest BCUT2D eigenvalue weighted by molar-refractivity contribution is -0.155. The summed E-state index contributed by atoms with van der Waals surface area (Å²) >= 11 is 0. The van der Waals surface area contributed by atoms with Gasteiger partial charge in [-0.15, -0.1) is 12.4 Å². The van der Waals surface area contributed by atoms with E-state index < -0.39 is 18.5 Å². The number of piperidine rings is 1. The topological polar surface area (TPSA) is 84.3 Å². The number of rotatable bonds is 5. The van der Waals surface area contributed by atoms with Crippen LogP contribution in [0.15, 0.2) is 24.3 Å². The third kappa shape index (κ3) is 3.77. The van der Waals surface area contributed by atoms with E-state index in [0.29, 0.717) is 30.5 Å². The molecule has 0 radical (unpaired) electrons. The molecule has 2 N–H and O–H groups in total. The molecule has 0 spiro atoms. The molecular formula is C18H26ClN3O4. The Balaban J connectivity index is 0.00000243. The van der Waals surface area contributed by atoms with E-state index in [1.54, 1.807) is 29.2 Å². The SMILES string of the molecule is CN(C)CCCN1C(O)CCC(N2C(=O)c3ccccc3C2=O)C1O.Cl. The van der Waals surface area contributed by atoms with Crippen molar-refractivity contribution in [3.05, 3.63) is 35.4 Å². The van der Waals surface area contributed by atoms with E-state index in [2.05, 4.69) is 0 Å². The van der Waals surface area contributed by atoms with Gasteiger partial charge < -0.3 is 15.1 Å². The van der Waals surface area contributed by atoms with Gasteiger partial charge in [-0.2, -0.15) is 0 Å². The maximum Gasteiger partial charge on any atom is 0.261 e. The van der Waals surface area contributed by atoms with Crippen molar-refractivity contribution in [2.45, 2.75) is 37.8 Å². The van der Waals surface area contributed by atoms with Crippen LogP contribution < -0.4 is 0 Å². The van der Waals surface area contributed by atoms with Crippen LogP contribution in [0.3, 0.4) is 0 Å². The van der Waals surface area contributed by atoms with E-state index in [-0.39, 0.29) is 24.2 Å². The standard InChI is InChI=1S/C18H25N3O4.ClH/c1-19(2)10-5-11-20-15(22)9-8-14(18(20)25)21-16(23)12-6-3-4-7-13(12)17(21)24;/h3-4,6-7,14-15,18,22,25H,5,8-11H2,1-2H3;1H. The number of carbonyl (C=O) groups excluding carboxylic acids is 2. The summed E-state index contributed by atoms with van der Waals surface area (Å²) in [5.74, 6) is -0.733. The Hall–Kier alpha value is -1.51. The second kappa shape index (κ2) is 8.45. The van der Waals surface area contributed by atoms with E-state index in [9.17, 15) is 19.8 Å². The number of imide groups is 1. The Morgan fingerprint density at radius 1 is 1.08 bits per heavy atom. The van der Waals surface area contributed by atoms with Crippen molar-refractivity contribution in [1.82, 2.24) is 14.7 Å². The van der Waals surface area contributed by atoms with Crippen LogP contribution in [0, 0.1) is 0 Å². The van der Waals surface area contributed by atoms with E-state index in [4.69, 9.17) is 0 Å². The average Bonchev–Trinajstić information content (AvgIpc) is 2.83. The summed E-state index contributed by atoms with van der Waals surface area (Å²) in [6.45, 7) is 1.33. The Kier molecular flexibility index (Phi) is 6.76.